The van der Waals surface area contributed by atoms with Gasteiger partial charge in [0.15, 0.2) is 5.76 Å². The molecule has 0 aliphatic carbocycles. The van der Waals surface area contributed by atoms with Crippen molar-refractivity contribution in [2.75, 3.05) is 39.4 Å². The van der Waals surface area contributed by atoms with Crippen LogP contribution >= 0.6 is 0 Å². The molecular weight excluding hydrogens is 408 g/mol. The van der Waals surface area contributed by atoms with Crippen molar-refractivity contribution in [1.29, 1.82) is 0 Å². The van der Waals surface area contributed by atoms with Crippen molar-refractivity contribution in [3.63, 3.8) is 0 Å². The van der Waals surface area contributed by atoms with Gasteiger partial charge in [0.2, 0.25) is 0 Å². The van der Waals surface area contributed by atoms with Crippen LogP contribution in [0.5, 0.6) is 0 Å². The Kier molecular flexibility index (Phi) is 5.38. The molecule has 5 rings (SSSR count). The van der Waals surface area contributed by atoms with Crippen LogP contribution in [0.3, 0.4) is 0 Å². The molecule has 2 aliphatic heterocycles. The average Bonchev–Trinajstić information content (AvgIpc) is 3.44. The number of fused-ring (bicyclic) bond motifs is 1. The molecule has 0 N–H and O–H groups in total. The van der Waals surface area contributed by atoms with E-state index in [1.54, 1.807) is 16.0 Å². The maximum atomic E-state index is 13.1. The molecule has 8 heteroatoms. The van der Waals surface area contributed by atoms with Crippen LogP contribution < -0.4 is 0 Å². The number of rotatable bonds is 3. The molecule has 0 spiro atoms. The zero-order valence-corrected chi connectivity index (χ0v) is 18.3. The lowest BCUT2D eigenvalue weighted by Crippen LogP contribution is -2.41. The van der Waals surface area contributed by atoms with Gasteiger partial charge in [-0.2, -0.15) is 0 Å². The molecule has 8 nitrogen and oxygen atoms in total. The number of para-hydroxylation sites is 1. The number of hydrogen-bond acceptors (Lipinski definition) is 6. The molecule has 1 aromatic carbocycles. The number of carbonyl (C=O) groups excluding carboxylic acids is 2. The Labute approximate surface area is 186 Å². The molecule has 2 fully saturated rings. The van der Waals surface area contributed by atoms with Gasteiger partial charge in [-0.15, -0.1) is 0 Å². The number of morpholine rings is 1. The second-order valence-corrected chi connectivity index (χ2v) is 8.42. The first-order valence-corrected chi connectivity index (χ1v) is 11.0. The minimum atomic E-state index is -0.1000. The molecule has 2 aliphatic rings. The first kappa shape index (κ1) is 20.6. The van der Waals surface area contributed by atoms with Gasteiger partial charge in [0, 0.05) is 49.2 Å². The summed E-state index contributed by atoms with van der Waals surface area (Å²) >= 11 is 0. The monoisotopic (exact) mass is 434 g/mol. The second-order valence-electron chi connectivity index (χ2n) is 8.42. The van der Waals surface area contributed by atoms with Gasteiger partial charge in [-0.1, -0.05) is 18.2 Å². The van der Waals surface area contributed by atoms with Gasteiger partial charge >= 0.3 is 0 Å². The van der Waals surface area contributed by atoms with E-state index in [-0.39, 0.29) is 17.7 Å². The molecule has 32 heavy (non-hydrogen) atoms. The summed E-state index contributed by atoms with van der Waals surface area (Å²) < 4.78 is 11.2. The third-order valence-corrected chi connectivity index (χ3v) is 6.41. The van der Waals surface area contributed by atoms with E-state index in [0.29, 0.717) is 62.2 Å². The lowest BCUT2D eigenvalue weighted by Gasteiger charge is -2.27. The Morgan fingerprint density at radius 3 is 2.56 bits per heavy atom. The lowest BCUT2D eigenvalue weighted by molar-refractivity contribution is 0.0301. The van der Waals surface area contributed by atoms with E-state index in [0.717, 1.165) is 23.0 Å². The van der Waals surface area contributed by atoms with Crippen molar-refractivity contribution in [2.24, 2.45) is 0 Å². The number of carbonyl (C=O) groups is 2. The molecular formula is C24H26N4O4. The molecule has 0 unspecified atom stereocenters. The number of aromatic nitrogens is 2. The zero-order valence-electron chi connectivity index (χ0n) is 18.3. The molecule has 2 aromatic heterocycles. The Morgan fingerprint density at radius 1 is 1.03 bits per heavy atom. The molecule has 3 aromatic rings. The topological polar surface area (TPSA) is 88.8 Å². The quantitative estimate of drug-likeness (QED) is 0.630. The number of aryl methyl sites for hydroxylation is 2. The Bertz CT molecular complexity index is 1180. The van der Waals surface area contributed by atoms with Gasteiger partial charge in [-0.05, 0) is 26.3 Å². The van der Waals surface area contributed by atoms with E-state index in [9.17, 15) is 9.59 Å². The molecule has 4 heterocycles. The number of furan rings is 1. The van der Waals surface area contributed by atoms with Crippen LogP contribution in [-0.2, 0) is 4.74 Å². The van der Waals surface area contributed by atoms with Gasteiger partial charge in [-0.3, -0.25) is 9.59 Å². The van der Waals surface area contributed by atoms with Crippen molar-refractivity contribution in [1.82, 2.24) is 19.8 Å². The maximum absolute atomic E-state index is 13.1. The van der Waals surface area contributed by atoms with E-state index in [1.165, 1.54) is 0 Å². The van der Waals surface area contributed by atoms with Crippen LogP contribution in [0.25, 0.3) is 11.0 Å². The highest BCUT2D eigenvalue weighted by molar-refractivity contribution is 5.99. The largest absolute Gasteiger partial charge is 0.451 e. The van der Waals surface area contributed by atoms with Gasteiger partial charge in [0.05, 0.1) is 24.5 Å². The van der Waals surface area contributed by atoms with E-state index >= 15 is 0 Å². The average molecular weight is 434 g/mol. The van der Waals surface area contributed by atoms with Gasteiger partial charge in [-0.25, -0.2) is 9.97 Å². The van der Waals surface area contributed by atoms with Gasteiger partial charge < -0.3 is 19.0 Å². The third kappa shape index (κ3) is 3.64. The predicted molar refractivity (Wildman–Crippen MR) is 118 cm³/mol. The maximum Gasteiger partial charge on any atom is 0.289 e. The Morgan fingerprint density at radius 2 is 1.81 bits per heavy atom. The summed E-state index contributed by atoms with van der Waals surface area (Å²) in [5.74, 6) is 0.959. The SMILES string of the molecule is Cc1nc([C@H]2CCN(C(=O)c3oc4ccccc4c3C)C2)ncc1C(=O)N1CCOCC1. The van der Waals surface area contributed by atoms with Crippen molar-refractivity contribution in [3.05, 3.63) is 58.9 Å². The standard InChI is InChI=1S/C24H26N4O4/c1-15-18-5-3-4-6-20(18)32-21(15)24(30)28-8-7-17(14-28)22-25-13-19(16(2)26-22)23(29)27-9-11-31-12-10-27/h3-6,13,17H,7-12,14H2,1-2H3/t17-/m0/s1. The van der Waals surface area contributed by atoms with E-state index < -0.39 is 0 Å². The summed E-state index contributed by atoms with van der Waals surface area (Å²) in [5.41, 5.74) is 2.79. The van der Waals surface area contributed by atoms with Gasteiger partial charge in [0.25, 0.3) is 11.8 Å². The normalized spacial score (nSPS) is 19.0. The molecule has 1 atom stereocenters. The minimum absolute atomic E-state index is 0.0369. The van der Waals surface area contributed by atoms with Crippen molar-refractivity contribution >= 4 is 22.8 Å². The number of amides is 2. The minimum Gasteiger partial charge on any atom is -0.451 e. The lowest BCUT2D eigenvalue weighted by atomic mass is 10.1. The van der Waals surface area contributed by atoms with Crippen molar-refractivity contribution in [2.45, 2.75) is 26.2 Å². The highest BCUT2D eigenvalue weighted by Gasteiger charge is 2.33. The Balaban J connectivity index is 1.30. The van der Waals surface area contributed by atoms with E-state index in [1.807, 2.05) is 38.1 Å². The summed E-state index contributed by atoms with van der Waals surface area (Å²) in [6.07, 6.45) is 2.41. The van der Waals surface area contributed by atoms with Crippen LogP contribution in [0.4, 0.5) is 0 Å². The van der Waals surface area contributed by atoms with Crippen molar-refractivity contribution < 1.29 is 18.7 Å². The van der Waals surface area contributed by atoms with Crippen LogP contribution in [-0.4, -0.2) is 71.0 Å². The number of likely N-dealkylation sites (tertiary alicyclic amines) is 1. The highest BCUT2D eigenvalue weighted by Crippen LogP contribution is 2.30. The number of hydrogen-bond donors (Lipinski definition) is 0. The summed E-state index contributed by atoms with van der Waals surface area (Å²) in [6, 6.07) is 7.69. The molecule has 2 amide bonds. The van der Waals surface area contributed by atoms with E-state index in [4.69, 9.17) is 9.15 Å². The van der Waals surface area contributed by atoms with Crippen LogP contribution in [0.1, 0.15) is 50.3 Å². The molecule has 0 bridgehead atoms. The fourth-order valence-electron chi connectivity index (χ4n) is 4.51. The first-order valence-electron chi connectivity index (χ1n) is 11.0. The van der Waals surface area contributed by atoms with Crippen LogP contribution in [0.2, 0.25) is 0 Å². The molecule has 166 valence electrons. The zero-order chi connectivity index (χ0) is 22.2. The summed E-state index contributed by atoms with van der Waals surface area (Å²) in [5, 5.41) is 0.964. The van der Waals surface area contributed by atoms with E-state index in [2.05, 4.69) is 9.97 Å². The first-order chi connectivity index (χ1) is 15.5. The summed E-state index contributed by atoms with van der Waals surface area (Å²) in [7, 11) is 0. The molecule has 0 saturated carbocycles. The summed E-state index contributed by atoms with van der Waals surface area (Å²) in [6.45, 7) is 7.20. The number of ether oxygens (including phenoxy) is 1. The second kappa shape index (κ2) is 8.35. The van der Waals surface area contributed by atoms with Gasteiger partial charge in [0.1, 0.15) is 11.4 Å². The van der Waals surface area contributed by atoms with Crippen molar-refractivity contribution in [3.8, 4) is 0 Å². The summed E-state index contributed by atoms with van der Waals surface area (Å²) in [4.78, 5) is 38.6. The Hall–Kier alpha value is -3.26. The highest BCUT2D eigenvalue weighted by atomic mass is 16.5. The molecule has 2 saturated heterocycles. The fraction of sp³-hybridized carbons (Fsp3) is 0.417. The smallest absolute Gasteiger partial charge is 0.289 e. The molecule has 0 radical (unpaired) electrons. The van der Waals surface area contributed by atoms with Crippen LogP contribution in [0.15, 0.2) is 34.9 Å². The number of nitrogens with zero attached hydrogens (tertiary/aromatic N) is 4. The third-order valence-electron chi connectivity index (χ3n) is 6.41. The fourth-order valence-corrected chi connectivity index (χ4v) is 4.51. The van der Waals surface area contributed by atoms with Crippen LogP contribution in [0, 0.1) is 13.8 Å². The number of benzene rings is 1. The predicted octanol–water partition coefficient (Wildman–Crippen LogP) is 2.94.